The van der Waals surface area contributed by atoms with Crippen LogP contribution in [-0.2, 0) is 14.3 Å². The van der Waals surface area contributed by atoms with Crippen LogP contribution in [0.5, 0.6) is 0 Å². The number of nitrogens with two attached hydrogens (primary N) is 1. The van der Waals surface area contributed by atoms with E-state index in [4.69, 9.17) is 10.5 Å². The van der Waals surface area contributed by atoms with Crippen molar-refractivity contribution in [1.82, 2.24) is 14.7 Å². The summed E-state index contributed by atoms with van der Waals surface area (Å²) in [6, 6.07) is 0. The third-order valence-electron chi connectivity index (χ3n) is 5.65. The van der Waals surface area contributed by atoms with E-state index >= 15 is 0 Å². The van der Waals surface area contributed by atoms with Crippen LogP contribution in [0, 0.1) is 0 Å². The molecule has 0 unspecified atom stereocenters. The Bertz CT molecular complexity index is 457. The number of hydrogen-bond acceptors (Lipinski definition) is 5. The van der Waals surface area contributed by atoms with Crippen molar-refractivity contribution in [2.45, 2.75) is 50.7 Å². The van der Waals surface area contributed by atoms with Crippen molar-refractivity contribution in [3.8, 4) is 0 Å². The van der Waals surface area contributed by atoms with Gasteiger partial charge < -0.3 is 20.3 Å². The summed E-state index contributed by atoms with van der Waals surface area (Å²) in [7, 11) is 0. The number of carbonyl (C=O) groups is 2. The fourth-order valence-corrected chi connectivity index (χ4v) is 4.00. The molecule has 3 aliphatic rings. The average Bonchev–Trinajstić information content (AvgIpc) is 2.95. The molecule has 3 aliphatic heterocycles. The lowest BCUT2D eigenvalue weighted by molar-refractivity contribution is -0.144. The van der Waals surface area contributed by atoms with Gasteiger partial charge in [-0.15, -0.1) is 0 Å². The molecular weight excluding hydrogens is 320 g/mol. The molecule has 0 radical (unpaired) electrons. The van der Waals surface area contributed by atoms with E-state index in [1.54, 1.807) is 0 Å². The number of carbonyl (C=O) groups excluding carboxylic acids is 2. The summed E-state index contributed by atoms with van der Waals surface area (Å²) < 4.78 is 5.72. The SMILES string of the molecule is NC[C@H]1CC[C@@H](C(=O)N2CCN(CC(=O)N3CCCCCC3)CC2)O1. The summed E-state index contributed by atoms with van der Waals surface area (Å²) >= 11 is 0. The molecule has 0 spiro atoms. The fourth-order valence-electron chi connectivity index (χ4n) is 4.00. The van der Waals surface area contributed by atoms with Gasteiger partial charge in [0.25, 0.3) is 5.91 Å². The number of piperazine rings is 1. The maximum Gasteiger partial charge on any atom is 0.251 e. The summed E-state index contributed by atoms with van der Waals surface area (Å²) in [4.78, 5) is 31.1. The highest BCUT2D eigenvalue weighted by molar-refractivity contribution is 5.81. The van der Waals surface area contributed by atoms with Gasteiger partial charge in [0, 0.05) is 45.8 Å². The van der Waals surface area contributed by atoms with Crippen LogP contribution in [0.25, 0.3) is 0 Å². The molecule has 0 aromatic rings. The summed E-state index contributed by atoms with van der Waals surface area (Å²) in [5.41, 5.74) is 5.62. The van der Waals surface area contributed by atoms with Gasteiger partial charge in [0.2, 0.25) is 5.91 Å². The number of hydrogen-bond donors (Lipinski definition) is 1. The van der Waals surface area contributed by atoms with E-state index in [9.17, 15) is 9.59 Å². The third-order valence-corrected chi connectivity index (χ3v) is 5.65. The van der Waals surface area contributed by atoms with Crippen LogP contribution in [0.2, 0.25) is 0 Å². The first-order valence-electron chi connectivity index (χ1n) is 9.82. The van der Waals surface area contributed by atoms with E-state index in [2.05, 4.69) is 4.90 Å². The standard InChI is InChI=1S/C18H32N4O3/c19-13-15-5-6-16(25-15)18(24)22-11-9-20(10-12-22)14-17(23)21-7-3-1-2-4-8-21/h15-16H,1-14,19H2/t15-,16+/m1/s1. The van der Waals surface area contributed by atoms with Crippen molar-refractivity contribution in [2.24, 2.45) is 5.73 Å². The first-order chi connectivity index (χ1) is 12.2. The van der Waals surface area contributed by atoms with Crippen molar-refractivity contribution in [3.05, 3.63) is 0 Å². The molecule has 3 heterocycles. The van der Waals surface area contributed by atoms with Crippen molar-refractivity contribution in [1.29, 1.82) is 0 Å². The molecule has 0 aliphatic carbocycles. The smallest absolute Gasteiger partial charge is 0.251 e. The van der Waals surface area contributed by atoms with Crippen LogP contribution < -0.4 is 5.73 Å². The minimum atomic E-state index is -0.321. The van der Waals surface area contributed by atoms with Gasteiger partial charge in [-0.3, -0.25) is 14.5 Å². The van der Waals surface area contributed by atoms with Gasteiger partial charge in [0.15, 0.2) is 0 Å². The Morgan fingerprint density at radius 1 is 0.880 bits per heavy atom. The van der Waals surface area contributed by atoms with Crippen LogP contribution >= 0.6 is 0 Å². The number of ether oxygens (including phenoxy) is 1. The number of nitrogens with zero attached hydrogens (tertiary/aromatic N) is 3. The molecule has 142 valence electrons. The predicted octanol–water partition coefficient (Wildman–Crippen LogP) is 0.0395. The Balaban J connectivity index is 1.41. The number of likely N-dealkylation sites (tertiary alicyclic amines) is 1. The molecule has 0 aromatic heterocycles. The van der Waals surface area contributed by atoms with E-state index in [0.29, 0.717) is 26.2 Å². The second-order valence-electron chi connectivity index (χ2n) is 7.46. The molecule has 2 atom stereocenters. The second-order valence-corrected chi connectivity index (χ2v) is 7.46. The highest BCUT2D eigenvalue weighted by Crippen LogP contribution is 2.21. The van der Waals surface area contributed by atoms with Gasteiger partial charge in [-0.05, 0) is 25.7 Å². The van der Waals surface area contributed by atoms with Crippen LogP contribution in [0.3, 0.4) is 0 Å². The zero-order chi connectivity index (χ0) is 17.6. The van der Waals surface area contributed by atoms with Crippen molar-refractivity contribution in [2.75, 3.05) is 52.4 Å². The zero-order valence-corrected chi connectivity index (χ0v) is 15.2. The average molecular weight is 352 g/mol. The molecular formula is C18H32N4O3. The second kappa shape index (κ2) is 8.96. The maximum absolute atomic E-state index is 12.5. The number of amides is 2. The Kier molecular flexibility index (Phi) is 6.67. The van der Waals surface area contributed by atoms with Gasteiger partial charge in [0.05, 0.1) is 12.6 Å². The largest absolute Gasteiger partial charge is 0.364 e. The van der Waals surface area contributed by atoms with Gasteiger partial charge in [-0.25, -0.2) is 0 Å². The van der Waals surface area contributed by atoms with Crippen LogP contribution in [0.4, 0.5) is 0 Å². The normalized spacial score (nSPS) is 28.8. The minimum absolute atomic E-state index is 0.0292. The topological polar surface area (TPSA) is 79.1 Å². The lowest BCUT2D eigenvalue weighted by atomic mass is 10.1. The summed E-state index contributed by atoms with van der Waals surface area (Å²) in [6.07, 6.45) is 6.07. The fraction of sp³-hybridized carbons (Fsp3) is 0.889. The highest BCUT2D eigenvalue weighted by Gasteiger charge is 2.34. The van der Waals surface area contributed by atoms with Crippen LogP contribution in [0.15, 0.2) is 0 Å². The molecule has 3 rings (SSSR count). The lowest BCUT2D eigenvalue weighted by Crippen LogP contribution is -2.53. The maximum atomic E-state index is 12.5. The molecule has 0 bridgehead atoms. The summed E-state index contributed by atoms with van der Waals surface area (Å²) in [5.74, 6) is 0.334. The monoisotopic (exact) mass is 352 g/mol. The molecule has 0 saturated carbocycles. The van der Waals surface area contributed by atoms with E-state index in [0.717, 1.165) is 51.9 Å². The summed E-state index contributed by atoms with van der Waals surface area (Å²) in [5, 5.41) is 0. The molecule has 2 amide bonds. The van der Waals surface area contributed by atoms with E-state index in [1.807, 2.05) is 9.80 Å². The zero-order valence-electron chi connectivity index (χ0n) is 15.2. The highest BCUT2D eigenvalue weighted by atomic mass is 16.5. The van der Waals surface area contributed by atoms with E-state index in [1.165, 1.54) is 12.8 Å². The van der Waals surface area contributed by atoms with E-state index in [-0.39, 0.29) is 24.0 Å². The van der Waals surface area contributed by atoms with Gasteiger partial charge in [-0.2, -0.15) is 0 Å². The Labute approximate surface area is 150 Å². The Morgan fingerprint density at radius 3 is 2.16 bits per heavy atom. The molecule has 0 aromatic carbocycles. The molecule has 7 nitrogen and oxygen atoms in total. The van der Waals surface area contributed by atoms with Crippen molar-refractivity contribution >= 4 is 11.8 Å². The van der Waals surface area contributed by atoms with Crippen LogP contribution in [0.1, 0.15) is 38.5 Å². The third kappa shape index (κ3) is 4.92. The number of rotatable bonds is 4. The quantitative estimate of drug-likeness (QED) is 0.773. The molecule has 3 saturated heterocycles. The lowest BCUT2D eigenvalue weighted by Gasteiger charge is -2.36. The van der Waals surface area contributed by atoms with E-state index < -0.39 is 0 Å². The Morgan fingerprint density at radius 2 is 1.56 bits per heavy atom. The Hall–Kier alpha value is -1.18. The molecule has 3 fully saturated rings. The van der Waals surface area contributed by atoms with Crippen LogP contribution in [-0.4, -0.2) is 91.1 Å². The van der Waals surface area contributed by atoms with Gasteiger partial charge in [0.1, 0.15) is 6.10 Å². The molecule has 25 heavy (non-hydrogen) atoms. The molecule has 7 heteroatoms. The summed E-state index contributed by atoms with van der Waals surface area (Å²) in [6.45, 7) is 5.65. The van der Waals surface area contributed by atoms with Crippen molar-refractivity contribution in [3.63, 3.8) is 0 Å². The first kappa shape index (κ1) is 18.6. The predicted molar refractivity (Wildman–Crippen MR) is 95.0 cm³/mol. The minimum Gasteiger partial charge on any atom is -0.364 e. The molecule has 2 N–H and O–H groups in total. The van der Waals surface area contributed by atoms with Gasteiger partial charge in [-0.1, -0.05) is 12.8 Å². The first-order valence-corrected chi connectivity index (χ1v) is 9.82. The van der Waals surface area contributed by atoms with Gasteiger partial charge >= 0.3 is 0 Å². The van der Waals surface area contributed by atoms with Crippen molar-refractivity contribution < 1.29 is 14.3 Å².